The second-order valence-electron chi connectivity index (χ2n) is 27.7. The fraction of sp³-hybridized carbons (Fsp3) is 0.0652. The summed E-state index contributed by atoms with van der Waals surface area (Å²) in [4.78, 5) is 49.1. The Labute approximate surface area is 677 Å². The van der Waals surface area contributed by atoms with Crippen molar-refractivity contribution in [2.75, 3.05) is 0 Å². The lowest BCUT2D eigenvalue weighted by Crippen LogP contribution is -3.00. The van der Waals surface area contributed by atoms with Crippen LogP contribution in [0.4, 0.5) is 0 Å². The van der Waals surface area contributed by atoms with Gasteiger partial charge in [0.05, 0.1) is 43.0 Å². The van der Waals surface area contributed by atoms with Crippen LogP contribution < -0.4 is 29.4 Å². The molecule has 19 heteroatoms. The van der Waals surface area contributed by atoms with Gasteiger partial charge in [0.1, 0.15) is 0 Å². The van der Waals surface area contributed by atoms with Crippen molar-refractivity contribution in [1.82, 2.24) is 49.8 Å². The van der Waals surface area contributed by atoms with Gasteiger partial charge >= 0.3 is 7.12 Å². The Morgan fingerprint density at radius 2 is 0.622 bits per heavy atom. The molecule has 0 N–H and O–H groups in total. The first kappa shape index (κ1) is 71.3. The minimum absolute atomic E-state index is 0. The molecule has 0 spiro atoms. The average Bonchev–Trinajstić information content (AvgIpc) is 1.61. The third-order valence-corrected chi connectivity index (χ3v) is 25.0. The first-order valence-electron chi connectivity index (χ1n) is 36.0. The molecule has 0 aliphatic carbocycles. The second-order valence-corrected chi connectivity index (χ2v) is 32.3. The summed E-state index contributed by atoms with van der Waals surface area (Å²) in [6, 6.07) is 103. The number of aromatic nitrogens is 10. The number of nitrogens with zero attached hydrogens (tertiary/aromatic N) is 10. The lowest BCUT2D eigenvalue weighted by atomic mass is 9.76. The Hall–Kier alpha value is -11.3. The van der Waals surface area contributed by atoms with Gasteiger partial charge < -0.3 is 33.3 Å². The van der Waals surface area contributed by atoms with E-state index < -0.39 is 18.3 Å². The molecule has 12 aromatic carbocycles. The molecule has 1 fully saturated rings. The molecule has 12 nitrogen and oxygen atoms in total. The van der Waals surface area contributed by atoms with Crippen molar-refractivity contribution in [3.63, 3.8) is 0 Å². The summed E-state index contributed by atoms with van der Waals surface area (Å²) in [7, 11) is -0.443. The molecule has 0 bridgehead atoms. The number of fused-ring (bicyclic) bond motifs is 12. The van der Waals surface area contributed by atoms with Crippen LogP contribution in [0.2, 0.25) is 5.28 Å². The maximum atomic E-state index is 6.47. The Balaban J connectivity index is 0.000000126. The lowest BCUT2D eigenvalue weighted by Gasteiger charge is -2.32. The fourth-order valence-corrected chi connectivity index (χ4v) is 18.8. The van der Waals surface area contributed by atoms with E-state index in [0.29, 0.717) is 46.1 Å². The topological polar surface area (TPSA) is 147 Å². The normalized spacial score (nSPS) is 13.1. The second kappa shape index (κ2) is 29.8. The fourth-order valence-electron chi connectivity index (χ4n) is 14.0. The van der Waals surface area contributed by atoms with E-state index in [1.165, 1.54) is 28.2 Å². The highest BCUT2D eigenvalue weighted by atomic mass is 127. The highest BCUT2D eigenvalue weighted by Gasteiger charge is 2.52. The van der Waals surface area contributed by atoms with Gasteiger partial charge in [0, 0.05) is 111 Å². The molecule has 0 unspecified atom stereocenters. The predicted molar refractivity (Wildman–Crippen MR) is 458 cm³/mol. The molecule has 0 atom stereocenters. The molecular formula is C92H62BClIN10O2S4-. The predicted octanol–water partition coefficient (Wildman–Crippen LogP) is 21.4. The molecule has 21 rings (SSSR count). The summed E-state index contributed by atoms with van der Waals surface area (Å²) >= 11 is 13.1. The van der Waals surface area contributed by atoms with Crippen molar-refractivity contribution in [3.8, 4) is 102 Å². The number of hydrogen-bond donors (Lipinski definition) is 0. The Morgan fingerprint density at radius 3 is 1.06 bits per heavy atom. The minimum atomic E-state index is -0.443. The molecule has 20 aromatic rings. The van der Waals surface area contributed by atoms with Crippen molar-refractivity contribution in [2.24, 2.45) is 0 Å². The number of hydrogen-bond acceptors (Lipinski definition) is 16. The van der Waals surface area contributed by atoms with E-state index in [2.05, 4.69) is 171 Å². The zero-order valence-electron chi connectivity index (χ0n) is 60.1. The summed E-state index contributed by atoms with van der Waals surface area (Å²) in [6.07, 6.45) is 0. The van der Waals surface area contributed by atoms with Gasteiger partial charge in [0.25, 0.3) is 0 Å². The molecule has 111 heavy (non-hydrogen) atoms. The summed E-state index contributed by atoms with van der Waals surface area (Å²) in [6.45, 7) is 8.36. The molecule has 1 saturated heterocycles. The highest BCUT2D eigenvalue weighted by Crippen LogP contribution is 2.46. The van der Waals surface area contributed by atoms with Crippen LogP contribution in [0.3, 0.4) is 0 Å². The van der Waals surface area contributed by atoms with Gasteiger partial charge in [-0.3, -0.25) is 0 Å². The molecule has 8 aromatic heterocycles. The maximum absolute atomic E-state index is 6.47. The Morgan fingerprint density at radius 1 is 0.279 bits per heavy atom. The van der Waals surface area contributed by atoms with Crippen LogP contribution in [0.15, 0.2) is 303 Å². The zero-order chi connectivity index (χ0) is 74.0. The smallest absolute Gasteiger partial charge is 0.495 e. The molecule has 9 heterocycles. The van der Waals surface area contributed by atoms with E-state index in [1.807, 2.05) is 170 Å². The first-order chi connectivity index (χ1) is 53.9. The van der Waals surface area contributed by atoms with E-state index in [9.17, 15) is 0 Å². The SMILES string of the molecule is CC1(C)OB(c2cccc3sc4ccc(-c5nc(-c6ccccc6)nc(-c6ccccc6)n5)cc4c23)OC1(C)C.Clc1nc(-c2ccccc2)c2sc3ccccc3c2n1.[I-].c1ccc(-c2nc(-c3ccccc3)nc(-c3ccc4sc5cccc(-c6nc(-c7ccccc7)c7sc8ccccc8c7n6)c5c4c3)n2)cc1. The summed E-state index contributed by atoms with van der Waals surface area (Å²) < 4.78 is 22.3. The van der Waals surface area contributed by atoms with Crippen LogP contribution in [0, 0.1) is 0 Å². The van der Waals surface area contributed by atoms with Crippen LogP contribution in [0.5, 0.6) is 0 Å². The van der Waals surface area contributed by atoms with Gasteiger partial charge in [-0.05, 0) is 105 Å². The number of rotatable bonds is 10. The van der Waals surface area contributed by atoms with Gasteiger partial charge in [0.15, 0.2) is 40.8 Å². The summed E-state index contributed by atoms with van der Waals surface area (Å²) in [5.74, 6) is 4.57. The van der Waals surface area contributed by atoms with Crippen LogP contribution in [-0.4, -0.2) is 68.2 Å². The number of benzene rings is 12. The quantitative estimate of drug-likeness (QED) is 0.0729. The van der Waals surface area contributed by atoms with Gasteiger partial charge in [-0.1, -0.05) is 243 Å². The standard InChI is InChI=1S/C43H25N5S2.C33H28BN3O2S.C16H9ClN2S.HI/c1-4-13-26(14-5-1)37-39-38(30-19-10-11-21-33(30)50-39)45-43(44-37)31-20-12-22-35-36(31)32-25-29(23-24-34(32)49-35)42-47-40(27-15-6-2-7-16-27)46-41(48-42)28-17-8-3-9-18-28;1-32(2)33(3,4)39-34(38-32)25-16-11-17-27-28(25)24-20-23(18-19-26(24)40-27)31-36-29(21-12-7-5-8-13-21)35-30(37-31)22-14-9-6-10-15-22;17-16-18-13(10-6-2-1-3-7-10)15-14(19-16)11-8-4-5-9-12(11)20-15;/h1-25H;5-20H,1-4H3;1-9H;1H/p-1. The molecule has 1 aliphatic rings. The minimum Gasteiger partial charge on any atom is -1.00 e. The average molecular weight is 1640 g/mol. The van der Waals surface area contributed by atoms with E-state index in [0.717, 1.165) is 120 Å². The number of thiophene rings is 4. The van der Waals surface area contributed by atoms with Crippen molar-refractivity contribution in [2.45, 2.75) is 38.9 Å². The Bertz CT molecular complexity index is 6770. The third kappa shape index (κ3) is 13.7. The first-order valence-corrected chi connectivity index (χ1v) is 39.7. The van der Waals surface area contributed by atoms with Crippen molar-refractivity contribution in [1.29, 1.82) is 0 Å². The van der Waals surface area contributed by atoms with E-state index in [-0.39, 0.29) is 24.0 Å². The largest absolute Gasteiger partial charge is 1.00 e. The molecular weight excluding hydrogens is 1580 g/mol. The van der Waals surface area contributed by atoms with Crippen molar-refractivity contribution in [3.05, 3.63) is 309 Å². The van der Waals surface area contributed by atoms with Crippen LogP contribution >= 0.6 is 56.9 Å². The molecule has 0 amide bonds. The van der Waals surface area contributed by atoms with Crippen LogP contribution in [0.1, 0.15) is 27.7 Å². The third-order valence-electron chi connectivity index (χ3n) is 20.2. The molecule has 0 radical (unpaired) electrons. The lowest BCUT2D eigenvalue weighted by molar-refractivity contribution is -0.0000238. The van der Waals surface area contributed by atoms with Gasteiger partial charge in [-0.2, -0.15) is 0 Å². The van der Waals surface area contributed by atoms with Gasteiger partial charge in [0.2, 0.25) is 5.28 Å². The van der Waals surface area contributed by atoms with E-state index in [4.69, 9.17) is 60.8 Å². The van der Waals surface area contributed by atoms with Gasteiger partial charge in [-0.25, -0.2) is 49.8 Å². The van der Waals surface area contributed by atoms with Crippen LogP contribution in [0.25, 0.3) is 183 Å². The Kier molecular flexibility index (Phi) is 19.2. The zero-order valence-corrected chi connectivity index (χ0v) is 66.3. The summed E-state index contributed by atoms with van der Waals surface area (Å²) in [5, 5.41) is 7.13. The molecule has 0 saturated carbocycles. The van der Waals surface area contributed by atoms with E-state index >= 15 is 0 Å². The number of halogens is 2. The summed E-state index contributed by atoms with van der Waals surface area (Å²) in [5.41, 5.74) is 12.8. The van der Waals surface area contributed by atoms with Crippen molar-refractivity contribution >= 4 is 150 Å². The van der Waals surface area contributed by atoms with Crippen molar-refractivity contribution < 1.29 is 33.3 Å². The monoisotopic (exact) mass is 1640 g/mol. The highest BCUT2D eigenvalue weighted by molar-refractivity contribution is 7.27. The van der Waals surface area contributed by atoms with Crippen LogP contribution in [-0.2, 0) is 9.31 Å². The molecule has 534 valence electrons. The molecule has 1 aliphatic heterocycles. The maximum Gasteiger partial charge on any atom is 0.495 e. The van der Waals surface area contributed by atoms with E-state index in [1.54, 1.807) is 45.3 Å². The van der Waals surface area contributed by atoms with Gasteiger partial charge in [-0.15, -0.1) is 45.3 Å².